The first-order valence-electron chi connectivity index (χ1n) is 4.00. The Hall–Kier alpha value is -1.75. The van der Waals surface area contributed by atoms with Crippen LogP contribution in [-0.2, 0) is 0 Å². The second-order valence-corrected chi connectivity index (χ2v) is 3.60. The third-order valence-electron chi connectivity index (χ3n) is 1.61. The monoisotopic (exact) mass is 205 g/mol. The molecule has 14 heavy (non-hydrogen) atoms. The molecule has 2 aromatic rings. The van der Waals surface area contributed by atoms with Gasteiger partial charge in [-0.25, -0.2) is 4.98 Å². The molecule has 4 nitrogen and oxygen atoms in total. The Balaban J connectivity index is 2.15. The molecule has 0 saturated heterocycles. The fraction of sp³-hybridized carbons (Fsp3) is 0. The van der Waals surface area contributed by atoms with Crippen LogP contribution in [0.1, 0.15) is 0 Å². The first-order valence-corrected chi connectivity index (χ1v) is 4.81. The van der Waals surface area contributed by atoms with Gasteiger partial charge in [-0.3, -0.25) is 0 Å². The average molecular weight is 205 g/mol. The Bertz CT molecular complexity index is 427. The number of nitroso groups, excluding NO2 is 1. The van der Waals surface area contributed by atoms with E-state index in [0.29, 0.717) is 10.1 Å². The van der Waals surface area contributed by atoms with Crippen molar-refractivity contribution >= 4 is 27.2 Å². The van der Waals surface area contributed by atoms with Gasteiger partial charge < -0.3 is 5.32 Å². The zero-order valence-electron chi connectivity index (χ0n) is 7.18. The van der Waals surface area contributed by atoms with E-state index in [-0.39, 0.29) is 0 Å². The number of benzene rings is 1. The lowest BCUT2D eigenvalue weighted by molar-refractivity contribution is 1.38. The summed E-state index contributed by atoms with van der Waals surface area (Å²) < 4.78 is 0. The van der Waals surface area contributed by atoms with E-state index in [1.54, 1.807) is 0 Å². The van der Waals surface area contributed by atoms with Crippen LogP contribution in [0.2, 0.25) is 0 Å². The Kier molecular flexibility index (Phi) is 2.51. The Morgan fingerprint density at radius 3 is 2.71 bits per heavy atom. The van der Waals surface area contributed by atoms with Gasteiger partial charge in [-0.1, -0.05) is 29.5 Å². The highest BCUT2D eigenvalue weighted by molar-refractivity contribution is 7.19. The molecule has 0 saturated carbocycles. The van der Waals surface area contributed by atoms with Crippen molar-refractivity contribution < 1.29 is 0 Å². The molecule has 2 rings (SSSR count). The lowest BCUT2D eigenvalue weighted by Gasteiger charge is -1.99. The fourth-order valence-corrected chi connectivity index (χ4v) is 1.63. The first-order chi connectivity index (χ1) is 6.88. The van der Waals surface area contributed by atoms with E-state index < -0.39 is 0 Å². The summed E-state index contributed by atoms with van der Waals surface area (Å²) in [5.74, 6) is 0. The summed E-state index contributed by atoms with van der Waals surface area (Å²) in [5.41, 5.74) is 0.944. The maximum absolute atomic E-state index is 10.2. The summed E-state index contributed by atoms with van der Waals surface area (Å²) in [4.78, 5) is 14.2. The third-order valence-corrected chi connectivity index (χ3v) is 2.40. The number of hydrogen-bond acceptors (Lipinski definition) is 5. The highest BCUT2D eigenvalue weighted by Crippen LogP contribution is 2.27. The second-order valence-electron chi connectivity index (χ2n) is 2.59. The second kappa shape index (κ2) is 3.97. The van der Waals surface area contributed by atoms with Crippen LogP contribution in [0, 0.1) is 4.91 Å². The zero-order valence-corrected chi connectivity index (χ0v) is 7.99. The molecule has 0 unspecified atom stereocenters. The van der Waals surface area contributed by atoms with Crippen LogP contribution >= 0.6 is 11.3 Å². The smallest absolute Gasteiger partial charge is 0.189 e. The van der Waals surface area contributed by atoms with E-state index in [1.165, 1.54) is 17.5 Å². The van der Waals surface area contributed by atoms with Crippen molar-refractivity contribution in [1.29, 1.82) is 0 Å². The molecule has 5 heteroatoms. The average Bonchev–Trinajstić information content (AvgIpc) is 2.67. The number of aromatic nitrogens is 1. The molecule has 0 atom stereocenters. The van der Waals surface area contributed by atoms with Crippen molar-refractivity contribution in [3.05, 3.63) is 41.4 Å². The number of thiazole rings is 1. The highest BCUT2D eigenvalue weighted by atomic mass is 32.1. The molecule has 1 aromatic heterocycles. The van der Waals surface area contributed by atoms with Crippen molar-refractivity contribution in [3.8, 4) is 0 Å². The predicted octanol–water partition coefficient (Wildman–Crippen LogP) is 3.28. The number of para-hydroxylation sites is 1. The summed E-state index contributed by atoms with van der Waals surface area (Å²) in [6, 6.07) is 9.64. The van der Waals surface area contributed by atoms with Crippen molar-refractivity contribution in [2.75, 3.05) is 5.32 Å². The molecule has 0 fully saturated rings. The molecule has 0 aliphatic carbocycles. The molecule has 0 bridgehead atoms. The fourth-order valence-electron chi connectivity index (χ4n) is 1.01. The zero-order chi connectivity index (χ0) is 9.80. The summed E-state index contributed by atoms with van der Waals surface area (Å²) in [5, 5.41) is 6.92. The van der Waals surface area contributed by atoms with Crippen molar-refractivity contribution in [1.82, 2.24) is 4.98 Å². The normalized spacial score (nSPS) is 9.71. The summed E-state index contributed by atoms with van der Waals surface area (Å²) in [6.07, 6.45) is 1.45. The number of nitrogens with zero attached hydrogens (tertiary/aromatic N) is 2. The quantitative estimate of drug-likeness (QED) is 0.782. The van der Waals surface area contributed by atoms with Crippen molar-refractivity contribution in [2.24, 2.45) is 5.18 Å². The molecule has 0 spiro atoms. The molecular formula is C9H7N3OS. The van der Waals surface area contributed by atoms with Crippen molar-refractivity contribution in [3.63, 3.8) is 0 Å². The van der Waals surface area contributed by atoms with E-state index in [9.17, 15) is 4.91 Å². The van der Waals surface area contributed by atoms with Gasteiger partial charge in [-0.05, 0) is 17.3 Å². The summed E-state index contributed by atoms with van der Waals surface area (Å²) in [7, 11) is 0. The number of anilines is 2. The van der Waals surface area contributed by atoms with Gasteiger partial charge in [0.1, 0.15) is 0 Å². The minimum absolute atomic E-state index is 0.378. The SMILES string of the molecule is O=Nc1cnc(Nc2ccccc2)s1. The molecule has 1 aromatic carbocycles. The van der Waals surface area contributed by atoms with Crippen LogP contribution in [0.15, 0.2) is 41.7 Å². The molecule has 1 heterocycles. The Morgan fingerprint density at radius 1 is 1.29 bits per heavy atom. The first kappa shape index (κ1) is 8.83. The van der Waals surface area contributed by atoms with Crippen LogP contribution in [0.25, 0.3) is 0 Å². The minimum Gasteiger partial charge on any atom is -0.331 e. The van der Waals surface area contributed by atoms with E-state index in [1.807, 2.05) is 30.3 Å². The van der Waals surface area contributed by atoms with Gasteiger partial charge in [0.05, 0.1) is 6.20 Å². The highest BCUT2D eigenvalue weighted by Gasteiger charge is 2.00. The van der Waals surface area contributed by atoms with Crippen molar-refractivity contribution in [2.45, 2.75) is 0 Å². The molecule has 0 aliphatic rings. The molecular weight excluding hydrogens is 198 g/mol. The lowest BCUT2D eigenvalue weighted by atomic mass is 10.3. The summed E-state index contributed by atoms with van der Waals surface area (Å²) >= 11 is 1.23. The maximum atomic E-state index is 10.2. The molecule has 70 valence electrons. The topological polar surface area (TPSA) is 54.4 Å². The van der Waals surface area contributed by atoms with Gasteiger partial charge in [0.15, 0.2) is 10.1 Å². The largest absolute Gasteiger partial charge is 0.331 e. The van der Waals surface area contributed by atoms with Crippen LogP contribution in [0.3, 0.4) is 0 Å². The summed E-state index contributed by atoms with van der Waals surface area (Å²) in [6.45, 7) is 0. The molecule has 0 amide bonds. The number of nitrogens with one attached hydrogen (secondary N) is 1. The van der Waals surface area contributed by atoms with Gasteiger partial charge in [0.25, 0.3) is 0 Å². The van der Waals surface area contributed by atoms with Crippen LogP contribution in [0.4, 0.5) is 15.8 Å². The van der Waals surface area contributed by atoms with Crippen LogP contribution in [0.5, 0.6) is 0 Å². The van der Waals surface area contributed by atoms with Gasteiger partial charge in [0.2, 0.25) is 0 Å². The minimum atomic E-state index is 0.378. The predicted molar refractivity (Wildman–Crippen MR) is 57.3 cm³/mol. The van der Waals surface area contributed by atoms with Gasteiger partial charge in [-0.15, -0.1) is 4.91 Å². The van der Waals surface area contributed by atoms with Crippen LogP contribution < -0.4 is 5.32 Å². The molecule has 0 aliphatic heterocycles. The van der Waals surface area contributed by atoms with E-state index in [4.69, 9.17) is 0 Å². The third kappa shape index (κ3) is 1.94. The Labute approximate surface area is 84.6 Å². The van der Waals surface area contributed by atoms with Gasteiger partial charge >= 0.3 is 0 Å². The standard InChI is InChI=1S/C9H7N3OS/c13-12-8-6-10-9(14-8)11-7-4-2-1-3-5-7/h1-6H,(H,10,11). The van der Waals surface area contributed by atoms with E-state index >= 15 is 0 Å². The number of rotatable bonds is 3. The van der Waals surface area contributed by atoms with Crippen LogP contribution in [-0.4, -0.2) is 4.98 Å². The Morgan fingerprint density at radius 2 is 2.07 bits per heavy atom. The van der Waals surface area contributed by atoms with Gasteiger partial charge in [0, 0.05) is 5.69 Å². The molecule has 1 N–H and O–H groups in total. The number of hydrogen-bond donors (Lipinski definition) is 1. The van der Waals surface area contributed by atoms with Gasteiger partial charge in [-0.2, -0.15) is 0 Å². The van der Waals surface area contributed by atoms with E-state index in [0.717, 1.165) is 5.69 Å². The maximum Gasteiger partial charge on any atom is 0.189 e. The molecule has 0 radical (unpaired) electrons. The lowest BCUT2D eigenvalue weighted by Crippen LogP contribution is -1.87. The van der Waals surface area contributed by atoms with E-state index in [2.05, 4.69) is 15.5 Å².